The van der Waals surface area contributed by atoms with E-state index < -0.39 is 0 Å². The molecule has 0 aliphatic heterocycles. The number of ether oxygens (including phenoxy) is 1. The van der Waals surface area contributed by atoms with Gasteiger partial charge in [-0.3, -0.25) is 4.79 Å². The average molecular weight is 302 g/mol. The molecule has 4 heteroatoms. The molecule has 0 saturated carbocycles. The zero-order valence-corrected chi connectivity index (χ0v) is 12.8. The van der Waals surface area contributed by atoms with Gasteiger partial charge in [0, 0.05) is 12.1 Å². The molecule has 0 radical (unpaired) electrons. The lowest BCUT2D eigenvalue weighted by molar-refractivity contribution is 0.370. The van der Waals surface area contributed by atoms with Gasteiger partial charge in [0.2, 0.25) is 0 Å². The topological polar surface area (TPSA) is 31.2 Å². The third kappa shape index (κ3) is 3.12. The van der Waals surface area contributed by atoms with Crippen LogP contribution in [0.3, 0.4) is 0 Å². The van der Waals surface area contributed by atoms with Crippen molar-refractivity contribution in [3.05, 3.63) is 51.3 Å². The molecule has 0 bridgehead atoms. The Morgan fingerprint density at radius 3 is 2.71 bits per heavy atom. The summed E-state index contributed by atoms with van der Waals surface area (Å²) in [4.78, 5) is 12.1. The van der Waals surface area contributed by atoms with Gasteiger partial charge in [0.25, 0.3) is 5.56 Å². The van der Waals surface area contributed by atoms with Gasteiger partial charge in [-0.1, -0.05) is 17.5 Å². The smallest absolute Gasteiger partial charge is 0.269 e. The summed E-state index contributed by atoms with van der Waals surface area (Å²) in [7, 11) is 0. The number of aryl methyl sites for hydroxylation is 1. The highest BCUT2D eigenvalue weighted by Crippen LogP contribution is 2.27. The van der Waals surface area contributed by atoms with E-state index in [1.54, 1.807) is 10.6 Å². The Morgan fingerprint density at radius 1 is 1.33 bits per heavy atom. The third-order valence-corrected chi connectivity index (χ3v) is 3.53. The van der Waals surface area contributed by atoms with E-state index in [0.29, 0.717) is 12.3 Å². The van der Waals surface area contributed by atoms with Gasteiger partial charge in [-0.2, -0.15) is 0 Å². The van der Waals surface area contributed by atoms with Crippen molar-refractivity contribution in [3.63, 3.8) is 0 Å². The lowest BCUT2D eigenvalue weighted by Gasteiger charge is -2.14. The lowest BCUT2D eigenvalue weighted by atomic mass is 10.0. The van der Waals surface area contributed by atoms with Crippen molar-refractivity contribution in [1.29, 1.82) is 0 Å². The summed E-state index contributed by atoms with van der Waals surface area (Å²) in [5, 5.41) is 0.229. The molecule has 21 heavy (non-hydrogen) atoms. The fourth-order valence-electron chi connectivity index (χ4n) is 2.24. The van der Waals surface area contributed by atoms with Crippen LogP contribution in [-0.4, -0.2) is 11.2 Å². The average Bonchev–Trinajstić information content (AvgIpc) is 2.48. The third-order valence-electron chi connectivity index (χ3n) is 3.24. The van der Waals surface area contributed by atoms with E-state index in [0.717, 1.165) is 16.8 Å². The first kappa shape index (κ1) is 15.2. The molecular formula is C17H16ClNO2. The quantitative estimate of drug-likeness (QED) is 0.809. The summed E-state index contributed by atoms with van der Waals surface area (Å²) in [6.45, 7) is 4.68. The fraction of sp³-hybridized carbons (Fsp3) is 0.235. The van der Waals surface area contributed by atoms with Crippen molar-refractivity contribution in [2.45, 2.75) is 20.4 Å². The maximum atomic E-state index is 12.1. The van der Waals surface area contributed by atoms with E-state index in [4.69, 9.17) is 22.8 Å². The molecule has 0 aliphatic carbocycles. The van der Waals surface area contributed by atoms with Gasteiger partial charge in [-0.25, -0.2) is 0 Å². The van der Waals surface area contributed by atoms with Crippen LogP contribution in [0, 0.1) is 19.3 Å². The lowest BCUT2D eigenvalue weighted by Crippen LogP contribution is -2.21. The minimum Gasteiger partial charge on any atom is -0.481 e. The summed E-state index contributed by atoms with van der Waals surface area (Å²) >= 11 is 5.90. The van der Waals surface area contributed by atoms with Crippen molar-refractivity contribution in [3.8, 4) is 29.4 Å². The molecular weight excluding hydrogens is 286 g/mol. The van der Waals surface area contributed by atoms with E-state index in [9.17, 15) is 4.79 Å². The second-order valence-corrected chi connectivity index (χ2v) is 4.99. The Hall–Kier alpha value is -2.18. The predicted octanol–water partition coefficient (Wildman–Crippen LogP) is 3.51. The van der Waals surface area contributed by atoms with Gasteiger partial charge in [0.05, 0.1) is 5.69 Å². The first-order valence-corrected chi connectivity index (χ1v) is 7.03. The molecule has 0 saturated heterocycles. The van der Waals surface area contributed by atoms with E-state index in [1.807, 2.05) is 38.1 Å². The Bertz CT molecular complexity index is 756. The van der Waals surface area contributed by atoms with Crippen LogP contribution in [0.25, 0.3) is 11.3 Å². The highest BCUT2D eigenvalue weighted by Gasteiger charge is 2.10. The molecule has 3 nitrogen and oxygen atoms in total. The fourth-order valence-corrected chi connectivity index (χ4v) is 2.40. The normalized spacial score (nSPS) is 10.2. The van der Waals surface area contributed by atoms with Crippen LogP contribution in [0.1, 0.15) is 12.5 Å². The molecule has 1 heterocycles. The number of pyridine rings is 1. The minimum absolute atomic E-state index is 0.177. The minimum atomic E-state index is -0.177. The Labute approximate surface area is 129 Å². The van der Waals surface area contributed by atoms with Gasteiger partial charge < -0.3 is 9.30 Å². The monoisotopic (exact) mass is 301 g/mol. The molecule has 0 aliphatic rings. The molecule has 0 unspecified atom stereocenters. The molecule has 2 aromatic rings. The van der Waals surface area contributed by atoms with Crippen molar-refractivity contribution < 1.29 is 4.74 Å². The summed E-state index contributed by atoms with van der Waals surface area (Å²) in [6.07, 6.45) is 5.18. The summed E-state index contributed by atoms with van der Waals surface area (Å²) in [5.74, 6) is 3.15. The standard InChI is InChI=1S/C17H16ClNO2/c1-4-10-21-13-6-7-14(12(3)11-13)16-9-8-15(18)17(20)19(16)5-2/h1,6-9,11H,5,10H2,2-3H3. The maximum Gasteiger partial charge on any atom is 0.269 e. The van der Waals surface area contributed by atoms with Gasteiger partial charge >= 0.3 is 0 Å². The van der Waals surface area contributed by atoms with Crippen molar-refractivity contribution in [2.75, 3.05) is 6.61 Å². The second kappa shape index (κ2) is 6.51. The van der Waals surface area contributed by atoms with Crippen LogP contribution in [0.15, 0.2) is 35.1 Å². The highest BCUT2D eigenvalue weighted by atomic mass is 35.5. The predicted molar refractivity (Wildman–Crippen MR) is 85.9 cm³/mol. The van der Waals surface area contributed by atoms with Crippen LogP contribution >= 0.6 is 11.6 Å². The highest BCUT2D eigenvalue weighted by molar-refractivity contribution is 6.30. The van der Waals surface area contributed by atoms with Gasteiger partial charge in [0.15, 0.2) is 0 Å². The SMILES string of the molecule is C#CCOc1ccc(-c2ccc(Cl)c(=O)n2CC)c(C)c1. The molecule has 0 atom stereocenters. The molecule has 1 aromatic carbocycles. The van der Waals surface area contributed by atoms with Gasteiger partial charge in [0.1, 0.15) is 17.4 Å². The van der Waals surface area contributed by atoms with E-state index in [-0.39, 0.29) is 17.2 Å². The molecule has 0 fully saturated rings. The molecule has 0 amide bonds. The number of halogens is 1. The van der Waals surface area contributed by atoms with E-state index in [2.05, 4.69) is 5.92 Å². The molecule has 0 N–H and O–H groups in total. The summed E-state index contributed by atoms with van der Waals surface area (Å²) in [6, 6.07) is 9.17. The van der Waals surface area contributed by atoms with Crippen LogP contribution in [0.4, 0.5) is 0 Å². The molecule has 1 aromatic heterocycles. The Kier molecular flexibility index (Phi) is 4.72. The zero-order chi connectivity index (χ0) is 15.4. The number of benzene rings is 1. The number of hydrogen-bond acceptors (Lipinski definition) is 2. The van der Waals surface area contributed by atoms with E-state index in [1.165, 1.54) is 0 Å². The van der Waals surface area contributed by atoms with E-state index >= 15 is 0 Å². The second-order valence-electron chi connectivity index (χ2n) is 4.59. The number of hydrogen-bond donors (Lipinski definition) is 0. The van der Waals surface area contributed by atoms with Crippen LogP contribution in [0.5, 0.6) is 5.75 Å². The van der Waals surface area contributed by atoms with Crippen molar-refractivity contribution in [1.82, 2.24) is 4.57 Å². The largest absolute Gasteiger partial charge is 0.481 e. The van der Waals surface area contributed by atoms with Crippen molar-refractivity contribution >= 4 is 11.6 Å². The van der Waals surface area contributed by atoms with Crippen LogP contribution < -0.4 is 10.3 Å². The van der Waals surface area contributed by atoms with Gasteiger partial charge in [-0.15, -0.1) is 6.42 Å². The first-order valence-electron chi connectivity index (χ1n) is 6.65. The number of rotatable bonds is 4. The Balaban J connectivity index is 2.51. The molecule has 108 valence electrons. The summed E-state index contributed by atoms with van der Waals surface area (Å²) in [5.41, 5.74) is 2.64. The van der Waals surface area contributed by atoms with Crippen molar-refractivity contribution in [2.24, 2.45) is 0 Å². The molecule has 0 spiro atoms. The zero-order valence-electron chi connectivity index (χ0n) is 12.0. The van der Waals surface area contributed by atoms with Crippen LogP contribution in [0.2, 0.25) is 5.02 Å². The first-order chi connectivity index (χ1) is 10.1. The summed E-state index contributed by atoms with van der Waals surface area (Å²) < 4.78 is 7.06. The number of nitrogens with zero attached hydrogens (tertiary/aromatic N) is 1. The van der Waals surface area contributed by atoms with Gasteiger partial charge in [-0.05, 0) is 49.7 Å². The number of aromatic nitrogens is 1. The van der Waals surface area contributed by atoms with Crippen LogP contribution in [-0.2, 0) is 6.54 Å². The molecule has 2 rings (SSSR count). The maximum absolute atomic E-state index is 12.1. The number of terminal acetylenes is 1. The Morgan fingerprint density at radius 2 is 2.10 bits per heavy atom.